The van der Waals surface area contributed by atoms with Crippen LogP contribution in [0.25, 0.3) is 0 Å². The summed E-state index contributed by atoms with van der Waals surface area (Å²) < 4.78 is 0. The van der Waals surface area contributed by atoms with Crippen LogP contribution in [0.4, 0.5) is 0 Å². The molecule has 0 aromatic carbocycles. The SMILES string of the molecule is CC1CCC(Cl)CC1C1CC1. The van der Waals surface area contributed by atoms with E-state index in [1.165, 1.54) is 32.1 Å². The summed E-state index contributed by atoms with van der Waals surface area (Å²) in [5, 5.41) is 0.497. The zero-order chi connectivity index (χ0) is 7.84. The quantitative estimate of drug-likeness (QED) is 0.532. The van der Waals surface area contributed by atoms with Crippen molar-refractivity contribution in [1.29, 1.82) is 0 Å². The Morgan fingerprint density at radius 1 is 1.09 bits per heavy atom. The Hall–Kier alpha value is 0.290. The number of alkyl halides is 1. The lowest BCUT2D eigenvalue weighted by molar-refractivity contribution is 0.231. The Morgan fingerprint density at radius 2 is 1.82 bits per heavy atom. The van der Waals surface area contributed by atoms with Crippen LogP contribution >= 0.6 is 11.6 Å². The van der Waals surface area contributed by atoms with E-state index >= 15 is 0 Å². The average molecular weight is 173 g/mol. The molecule has 0 aromatic rings. The molecule has 2 aliphatic rings. The van der Waals surface area contributed by atoms with Gasteiger partial charge in [0.05, 0.1) is 0 Å². The van der Waals surface area contributed by atoms with Crippen LogP contribution in [0.5, 0.6) is 0 Å². The van der Waals surface area contributed by atoms with E-state index in [1.807, 2.05) is 0 Å². The van der Waals surface area contributed by atoms with Crippen LogP contribution in [-0.2, 0) is 0 Å². The predicted octanol–water partition coefficient (Wildman–Crippen LogP) is 3.44. The van der Waals surface area contributed by atoms with Crippen LogP contribution in [0, 0.1) is 17.8 Å². The maximum Gasteiger partial charge on any atom is 0.0339 e. The van der Waals surface area contributed by atoms with Crippen molar-refractivity contribution >= 4 is 11.6 Å². The van der Waals surface area contributed by atoms with E-state index in [1.54, 1.807) is 0 Å². The minimum atomic E-state index is 0.497. The van der Waals surface area contributed by atoms with Gasteiger partial charge in [0, 0.05) is 5.38 Å². The van der Waals surface area contributed by atoms with Crippen LogP contribution in [0.15, 0.2) is 0 Å². The summed E-state index contributed by atoms with van der Waals surface area (Å²) in [5.74, 6) is 3.00. The summed E-state index contributed by atoms with van der Waals surface area (Å²) in [4.78, 5) is 0. The van der Waals surface area contributed by atoms with E-state index in [4.69, 9.17) is 11.6 Å². The molecule has 3 unspecified atom stereocenters. The highest BCUT2D eigenvalue weighted by Gasteiger charge is 2.37. The summed E-state index contributed by atoms with van der Waals surface area (Å²) in [5.41, 5.74) is 0. The Morgan fingerprint density at radius 3 is 2.45 bits per heavy atom. The topological polar surface area (TPSA) is 0 Å². The van der Waals surface area contributed by atoms with Crippen LogP contribution in [0.1, 0.15) is 39.0 Å². The Kier molecular flexibility index (Phi) is 2.14. The normalized spacial score (nSPS) is 45.8. The molecule has 0 N–H and O–H groups in total. The van der Waals surface area contributed by atoms with Gasteiger partial charge in [-0.25, -0.2) is 0 Å². The lowest BCUT2D eigenvalue weighted by Crippen LogP contribution is -2.24. The van der Waals surface area contributed by atoms with Crippen molar-refractivity contribution in [3.05, 3.63) is 0 Å². The molecule has 2 fully saturated rings. The molecule has 3 atom stereocenters. The molecule has 2 aliphatic carbocycles. The van der Waals surface area contributed by atoms with Crippen molar-refractivity contribution < 1.29 is 0 Å². The van der Waals surface area contributed by atoms with Gasteiger partial charge in [-0.15, -0.1) is 11.6 Å². The maximum absolute atomic E-state index is 6.15. The first-order valence-corrected chi connectivity index (χ1v) is 5.35. The molecule has 0 heterocycles. The molecule has 0 spiro atoms. The van der Waals surface area contributed by atoms with Crippen LogP contribution in [0.2, 0.25) is 0 Å². The molecule has 0 nitrogen and oxygen atoms in total. The third-order valence-corrected chi connectivity index (χ3v) is 3.82. The maximum atomic E-state index is 6.15. The first kappa shape index (κ1) is 7.91. The monoisotopic (exact) mass is 172 g/mol. The molecule has 0 amide bonds. The fourth-order valence-corrected chi connectivity index (χ4v) is 2.82. The summed E-state index contributed by atoms with van der Waals surface area (Å²) in [6.45, 7) is 2.41. The smallest absolute Gasteiger partial charge is 0.0339 e. The van der Waals surface area contributed by atoms with Crippen molar-refractivity contribution in [1.82, 2.24) is 0 Å². The van der Waals surface area contributed by atoms with Gasteiger partial charge in [-0.1, -0.05) is 6.92 Å². The van der Waals surface area contributed by atoms with E-state index in [0.717, 1.165) is 17.8 Å². The Bertz CT molecular complexity index is 140. The molecule has 0 aliphatic heterocycles. The first-order valence-electron chi connectivity index (χ1n) is 4.91. The summed E-state index contributed by atoms with van der Waals surface area (Å²) in [7, 11) is 0. The second-order valence-electron chi connectivity index (χ2n) is 4.39. The third kappa shape index (κ3) is 1.72. The third-order valence-electron chi connectivity index (χ3n) is 3.42. The second-order valence-corrected chi connectivity index (χ2v) is 5.01. The van der Waals surface area contributed by atoms with Crippen molar-refractivity contribution in [2.24, 2.45) is 17.8 Å². The number of rotatable bonds is 1. The van der Waals surface area contributed by atoms with Gasteiger partial charge in [0.25, 0.3) is 0 Å². The van der Waals surface area contributed by atoms with Crippen molar-refractivity contribution in [2.75, 3.05) is 0 Å². The molecular weight excluding hydrogens is 156 g/mol. The predicted molar refractivity (Wildman–Crippen MR) is 48.9 cm³/mol. The highest BCUT2D eigenvalue weighted by atomic mass is 35.5. The van der Waals surface area contributed by atoms with Gasteiger partial charge in [-0.05, 0) is 49.9 Å². The zero-order valence-corrected chi connectivity index (χ0v) is 7.98. The van der Waals surface area contributed by atoms with Crippen LogP contribution in [0.3, 0.4) is 0 Å². The summed E-state index contributed by atoms with van der Waals surface area (Å²) in [6, 6.07) is 0. The molecule has 0 bridgehead atoms. The van der Waals surface area contributed by atoms with Crippen molar-refractivity contribution in [3.8, 4) is 0 Å². The van der Waals surface area contributed by atoms with Gasteiger partial charge in [0.15, 0.2) is 0 Å². The lowest BCUT2D eigenvalue weighted by atomic mass is 9.77. The minimum Gasteiger partial charge on any atom is -0.123 e. The second kappa shape index (κ2) is 2.97. The van der Waals surface area contributed by atoms with E-state index in [-0.39, 0.29) is 0 Å². The van der Waals surface area contributed by atoms with E-state index < -0.39 is 0 Å². The van der Waals surface area contributed by atoms with Crippen LogP contribution in [-0.4, -0.2) is 5.38 Å². The largest absolute Gasteiger partial charge is 0.123 e. The average Bonchev–Trinajstić information content (AvgIpc) is 2.76. The van der Waals surface area contributed by atoms with E-state index in [0.29, 0.717) is 5.38 Å². The first-order chi connectivity index (χ1) is 5.27. The molecule has 1 heteroatoms. The van der Waals surface area contributed by atoms with Crippen molar-refractivity contribution in [3.63, 3.8) is 0 Å². The van der Waals surface area contributed by atoms with E-state index in [9.17, 15) is 0 Å². The highest BCUT2D eigenvalue weighted by molar-refractivity contribution is 6.20. The molecule has 0 radical (unpaired) electrons. The zero-order valence-electron chi connectivity index (χ0n) is 7.22. The fourth-order valence-electron chi connectivity index (χ4n) is 2.48. The van der Waals surface area contributed by atoms with E-state index in [2.05, 4.69) is 6.92 Å². The van der Waals surface area contributed by atoms with Crippen molar-refractivity contribution in [2.45, 2.75) is 44.4 Å². The summed E-state index contributed by atoms with van der Waals surface area (Å²) in [6.07, 6.45) is 6.89. The van der Waals surface area contributed by atoms with Gasteiger partial charge < -0.3 is 0 Å². The number of hydrogen-bond acceptors (Lipinski definition) is 0. The molecular formula is C10H17Cl. The number of halogens is 1. The molecule has 2 saturated carbocycles. The summed E-state index contributed by atoms with van der Waals surface area (Å²) >= 11 is 6.15. The van der Waals surface area contributed by atoms with Gasteiger partial charge in [-0.3, -0.25) is 0 Å². The Labute approximate surface area is 74.3 Å². The highest BCUT2D eigenvalue weighted by Crippen LogP contribution is 2.47. The van der Waals surface area contributed by atoms with Gasteiger partial charge in [0.1, 0.15) is 0 Å². The standard InChI is InChI=1S/C10H17Cl/c1-7-2-5-9(11)6-10(7)8-3-4-8/h7-10H,2-6H2,1H3. The molecule has 2 rings (SSSR count). The molecule has 64 valence electrons. The minimum absolute atomic E-state index is 0.497. The molecule has 11 heavy (non-hydrogen) atoms. The number of hydrogen-bond donors (Lipinski definition) is 0. The van der Waals surface area contributed by atoms with Gasteiger partial charge >= 0.3 is 0 Å². The molecule has 0 saturated heterocycles. The van der Waals surface area contributed by atoms with Crippen LogP contribution < -0.4 is 0 Å². The Balaban J connectivity index is 1.93. The molecule has 0 aromatic heterocycles. The lowest BCUT2D eigenvalue weighted by Gasteiger charge is -2.31. The van der Waals surface area contributed by atoms with Gasteiger partial charge in [0.2, 0.25) is 0 Å². The van der Waals surface area contributed by atoms with Gasteiger partial charge in [-0.2, -0.15) is 0 Å². The fraction of sp³-hybridized carbons (Fsp3) is 1.00.